The SMILES string of the molecule is CC1=C2C(=O)C(O)=C(C)[C@@H]2[C@H]2OC(=O)[C@@H](C)[C@@H]2CC1. The summed E-state index contributed by atoms with van der Waals surface area (Å²) in [5.41, 5.74) is 2.33. The zero-order chi connectivity index (χ0) is 13.9. The number of aliphatic hydroxyl groups excluding tert-OH is 1. The third-order valence-electron chi connectivity index (χ3n) is 4.94. The molecule has 19 heavy (non-hydrogen) atoms. The van der Waals surface area contributed by atoms with Crippen molar-refractivity contribution in [2.75, 3.05) is 0 Å². The summed E-state index contributed by atoms with van der Waals surface area (Å²) in [6, 6.07) is 0. The monoisotopic (exact) mass is 262 g/mol. The summed E-state index contributed by atoms with van der Waals surface area (Å²) in [5.74, 6) is -0.845. The standard InChI is InChI=1S/C15H18O4/c1-6-4-5-9-7(2)15(18)19-14(9)11-8(3)12(16)13(17)10(6)11/h7,9,11,14,16H,4-5H2,1-3H3/t7-,9-,11-,14-/m0/s1. The van der Waals surface area contributed by atoms with E-state index in [0.29, 0.717) is 11.1 Å². The van der Waals surface area contributed by atoms with Crippen molar-refractivity contribution in [2.45, 2.75) is 39.7 Å². The summed E-state index contributed by atoms with van der Waals surface area (Å²) in [7, 11) is 0. The van der Waals surface area contributed by atoms with Gasteiger partial charge in [-0.2, -0.15) is 0 Å². The molecule has 0 aromatic rings. The molecule has 0 unspecified atom stereocenters. The molecule has 3 aliphatic rings. The molecule has 4 heteroatoms. The number of hydrogen-bond acceptors (Lipinski definition) is 4. The van der Waals surface area contributed by atoms with E-state index < -0.39 is 0 Å². The van der Waals surface area contributed by atoms with Crippen LogP contribution in [0.3, 0.4) is 0 Å². The van der Waals surface area contributed by atoms with Gasteiger partial charge in [-0.25, -0.2) is 0 Å². The Morgan fingerprint density at radius 1 is 1.26 bits per heavy atom. The zero-order valence-electron chi connectivity index (χ0n) is 11.4. The second-order valence-electron chi connectivity index (χ2n) is 5.93. The molecule has 0 aromatic carbocycles. The van der Waals surface area contributed by atoms with Gasteiger partial charge in [-0.15, -0.1) is 0 Å². The highest BCUT2D eigenvalue weighted by Crippen LogP contribution is 2.48. The van der Waals surface area contributed by atoms with Crippen LogP contribution in [0.25, 0.3) is 0 Å². The summed E-state index contributed by atoms with van der Waals surface area (Å²) in [6.45, 7) is 5.60. The Morgan fingerprint density at radius 2 is 1.95 bits per heavy atom. The van der Waals surface area contributed by atoms with E-state index in [1.54, 1.807) is 6.92 Å². The number of esters is 1. The first-order valence-corrected chi connectivity index (χ1v) is 6.78. The Morgan fingerprint density at radius 3 is 2.63 bits per heavy atom. The summed E-state index contributed by atoms with van der Waals surface area (Å²) >= 11 is 0. The van der Waals surface area contributed by atoms with Crippen LogP contribution in [0.4, 0.5) is 0 Å². The van der Waals surface area contributed by atoms with Gasteiger partial charge in [-0.3, -0.25) is 9.59 Å². The molecule has 0 amide bonds. The first kappa shape index (κ1) is 12.5. The van der Waals surface area contributed by atoms with Crippen LogP contribution in [0.2, 0.25) is 0 Å². The molecule has 0 aromatic heterocycles. The lowest BCUT2D eigenvalue weighted by Gasteiger charge is -2.23. The quantitative estimate of drug-likeness (QED) is 0.680. The van der Waals surface area contributed by atoms with E-state index in [1.807, 2.05) is 13.8 Å². The molecule has 3 rings (SSSR count). The van der Waals surface area contributed by atoms with Crippen molar-refractivity contribution in [2.24, 2.45) is 17.8 Å². The lowest BCUT2D eigenvalue weighted by Crippen LogP contribution is -2.28. The number of carbonyl (C=O) groups excluding carboxylic acids is 2. The maximum absolute atomic E-state index is 12.2. The molecule has 0 spiro atoms. The fraction of sp³-hybridized carbons (Fsp3) is 0.600. The molecule has 4 atom stereocenters. The first-order chi connectivity index (χ1) is 8.93. The number of allylic oxidation sites excluding steroid dienone is 2. The molecular formula is C15H18O4. The van der Waals surface area contributed by atoms with Crippen molar-refractivity contribution in [3.8, 4) is 0 Å². The second kappa shape index (κ2) is 3.95. The number of rotatable bonds is 0. The largest absolute Gasteiger partial charge is 0.504 e. The maximum atomic E-state index is 12.2. The van der Waals surface area contributed by atoms with Crippen LogP contribution in [0.15, 0.2) is 22.5 Å². The van der Waals surface area contributed by atoms with Crippen molar-refractivity contribution in [3.63, 3.8) is 0 Å². The van der Waals surface area contributed by atoms with E-state index in [0.717, 1.165) is 18.4 Å². The van der Waals surface area contributed by atoms with E-state index in [2.05, 4.69) is 0 Å². The van der Waals surface area contributed by atoms with Crippen LogP contribution >= 0.6 is 0 Å². The van der Waals surface area contributed by atoms with E-state index in [4.69, 9.17) is 4.74 Å². The molecular weight excluding hydrogens is 244 g/mol. The van der Waals surface area contributed by atoms with E-state index in [9.17, 15) is 14.7 Å². The fourth-order valence-electron chi connectivity index (χ4n) is 3.72. The molecule has 0 saturated carbocycles. The van der Waals surface area contributed by atoms with Crippen molar-refractivity contribution in [1.82, 2.24) is 0 Å². The molecule has 1 fully saturated rings. The average molecular weight is 262 g/mol. The lowest BCUT2D eigenvalue weighted by atomic mass is 9.81. The molecule has 1 saturated heterocycles. The van der Waals surface area contributed by atoms with Crippen LogP contribution in [0, 0.1) is 17.8 Å². The van der Waals surface area contributed by atoms with Gasteiger partial charge < -0.3 is 9.84 Å². The number of fused-ring (bicyclic) bond motifs is 3. The van der Waals surface area contributed by atoms with Crippen LogP contribution in [0.1, 0.15) is 33.6 Å². The highest BCUT2D eigenvalue weighted by atomic mass is 16.6. The number of Topliss-reactive ketones (excluding diaryl/α,β-unsaturated/α-hetero) is 1. The van der Waals surface area contributed by atoms with Crippen molar-refractivity contribution < 1.29 is 19.4 Å². The van der Waals surface area contributed by atoms with Crippen molar-refractivity contribution in [3.05, 3.63) is 22.5 Å². The van der Waals surface area contributed by atoms with Crippen LogP contribution < -0.4 is 0 Å². The van der Waals surface area contributed by atoms with Gasteiger partial charge >= 0.3 is 5.97 Å². The van der Waals surface area contributed by atoms with E-state index >= 15 is 0 Å². The van der Waals surface area contributed by atoms with Gasteiger partial charge in [0.2, 0.25) is 5.78 Å². The van der Waals surface area contributed by atoms with Gasteiger partial charge in [-0.05, 0) is 32.3 Å². The first-order valence-electron chi connectivity index (χ1n) is 6.78. The van der Waals surface area contributed by atoms with Crippen molar-refractivity contribution >= 4 is 11.8 Å². The maximum Gasteiger partial charge on any atom is 0.309 e. The van der Waals surface area contributed by atoms with Gasteiger partial charge in [-0.1, -0.05) is 12.5 Å². The highest BCUT2D eigenvalue weighted by Gasteiger charge is 2.52. The molecule has 0 radical (unpaired) electrons. The average Bonchev–Trinajstić information content (AvgIpc) is 2.70. The van der Waals surface area contributed by atoms with Gasteiger partial charge in [0.1, 0.15) is 6.10 Å². The van der Waals surface area contributed by atoms with Crippen molar-refractivity contribution in [1.29, 1.82) is 0 Å². The fourth-order valence-corrected chi connectivity index (χ4v) is 3.72. The highest BCUT2D eigenvalue weighted by molar-refractivity contribution is 6.11. The molecule has 0 bridgehead atoms. The minimum atomic E-state index is -0.288. The second-order valence-corrected chi connectivity index (χ2v) is 5.93. The topological polar surface area (TPSA) is 63.6 Å². The predicted molar refractivity (Wildman–Crippen MR) is 68.3 cm³/mol. The predicted octanol–water partition coefficient (Wildman–Crippen LogP) is 2.31. The smallest absolute Gasteiger partial charge is 0.309 e. The minimum Gasteiger partial charge on any atom is -0.504 e. The molecule has 2 aliphatic carbocycles. The third kappa shape index (κ3) is 1.52. The third-order valence-corrected chi connectivity index (χ3v) is 4.94. The Kier molecular flexibility index (Phi) is 2.59. The number of hydrogen-bond donors (Lipinski definition) is 1. The van der Waals surface area contributed by atoms with Crippen LogP contribution in [-0.4, -0.2) is 23.0 Å². The number of carbonyl (C=O) groups is 2. The van der Waals surface area contributed by atoms with Crippen LogP contribution in [0.5, 0.6) is 0 Å². The Hall–Kier alpha value is -1.58. The number of ketones is 1. The van der Waals surface area contributed by atoms with Gasteiger partial charge in [0, 0.05) is 11.5 Å². The normalized spacial score (nSPS) is 38.3. The minimum absolute atomic E-state index is 0.122. The Balaban J connectivity index is 2.11. The molecule has 4 nitrogen and oxygen atoms in total. The van der Waals surface area contributed by atoms with Gasteiger partial charge in [0.05, 0.1) is 11.8 Å². The van der Waals surface area contributed by atoms with E-state index in [-0.39, 0.29) is 41.4 Å². The van der Waals surface area contributed by atoms with Gasteiger partial charge in [0.15, 0.2) is 5.76 Å². The number of ether oxygens (including phenoxy) is 1. The summed E-state index contributed by atoms with van der Waals surface area (Å²) in [6.07, 6.45) is 1.37. The molecule has 1 N–H and O–H groups in total. The Labute approximate surface area is 112 Å². The summed E-state index contributed by atoms with van der Waals surface area (Å²) < 4.78 is 5.52. The van der Waals surface area contributed by atoms with E-state index in [1.165, 1.54) is 0 Å². The molecule has 102 valence electrons. The van der Waals surface area contributed by atoms with Crippen LogP contribution in [-0.2, 0) is 14.3 Å². The summed E-state index contributed by atoms with van der Waals surface area (Å²) in [5, 5.41) is 9.91. The summed E-state index contributed by atoms with van der Waals surface area (Å²) in [4.78, 5) is 23.9. The van der Waals surface area contributed by atoms with Gasteiger partial charge in [0.25, 0.3) is 0 Å². The lowest BCUT2D eigenvalue weighted by molar-refractivity contribution is -0.144. The molecule has 1 heterocycles. The molecule has 1 aliphatic heterocycles. The number of aliphatic hydroxyl groups is 1. The zero-order valence-corrected chi connectivity index (χ0v) is 11.4. The Bertz CT molecular complexity index is 540.